The molecule has 1 aliphatic heterocycles. The van der Waals surface area contributed by atoms with Gasteiger partial charge in [0, 0.05) is 39.0 Å². The van der Waals surface area contributed by atoms with Gasteiger partial charge in [-0.1, -0.05) is 60.7 Å². The molecule has 1 fully saturated rings. The summed E-state index contributed by atoms with van der Waals surface area (Å²) in [6.45, 7) is -0.0543. The van der Waals surface area contributed by atoms with Crippen LogP contribution in [0.4, 0.5) is 10.3 Å². The Kier molecular flexibility index (Phi) is 10.9. The second-order valence-corrected chi connectivity index (χ2v) is 15.7. The number of rotatable bonds is 12. The molecule has 1 saturated heterocycles. The highest BCUT2D eigenvalue weighted by Crippen LogP contribution is 2.35. The first kappa shape index (κ1) is 33.5. The summed E-state index contributed by atoms with van der Waals surface area (Å²) in [7, 11) is 3.44. The van der Waals surface area contributed by atoms with Crippen molar-refractivity contribution < 1.29 is 28.1 Å². The monoisotopic (exact) mass is 672 g/mol. The normalized spacial score (nSPS) is 24.7. The highest BCUT2D eigenvalue weighted by molar-refractivity contribution is 7.92. The van der Waals surface area contributed by atoms with E-state index in [1.54, 1.807) is 0 Å². The fourth-order valence-electron chi connectivity index (χ4n) is 5.50. The van der Waals surface area contributed by atoms with E-state index >= 15 is 0 Å². The number of sulfone groups is 1. The smallest absolute Gasteiger partial charge is 0.185 e. The Hall–Kier alpha value is -2.91. The molecule has 5 rings (SSSR count). The number of thiazole rings is 2. The van der Waals surface area contributed by atoms with Crippen LogP contribution in [0.3, 0.4) is 0 Å². The molecule has 2 N–H and O–H groups in total. The van der Waals surface area contributed by atoms with E-state index in [-0.39, 0.29) is 26.1 Å². The molecule has 2 aromatic carbocycles. The summed E-state index contributed by atoms with van der Waals surface area (Å²) >= 11 is 2.88. The van der Waals surface area contributed by atoms with E-state index in [0.717, 1.165) is 21.4 Å². The summed E-state index contributed by atoms with van der Waals surface area (Å²) < 4.78 is 42.2. The standard InChI is InChI=1S/C32H40N4O6S3/c1-35(2)31-33-23(19-43-31)17-41-29-25(15-21-11-7-5-8-12-21)45(39,40)26(16-22-13-9-6-10-14-22)30(28(38)27(29)37)42-18-24-20-44-32(34-24)36(3)4/h5-14,19-20,25-30,37-38H,15-18H2,1-4H3/t25-,26-,27-,28-,29+,30+/m1/s1. The van der Waals surface area contributed by atoms with Crippen molar-refractivity contribution in [2.24, 2.45) is 0 Å². The summed E-state index contributed by atoms with van der Waals surface area (Å²) in [5.74, 6) is 0. The van der Waals surface area contributed by atoms with Gasteiger partial charge in [0.05, 0.1) is 35.1 Å². The van der Waals surface area contributed by atoms with Crippen LogP contribution in [0.1, 0.15) is 22.5 Å². The lowest BCUT2D eigenvalue weighted by Gasteiger charge is -2.30. The van der Waals surface area contributed by atoms with Crippen molar-refractivity contribution in [1.82, 2.24) is 9.97 Å². The zero-order valence-electron chi connectivity index (χ0n) is 25.8. The van der Waals surface area contributed by atoms with Gasteiger partial charge in [0.1, 0.15) is 24.4 Å². The van der Waals surface area contributed by atoms with Crippen molar-refractivity contribution in [1.29, 1.82) is 0 Å². The second-order valence-electron chi connectivity index (χ2n) is 11.6. The Bertz CT molecular complexity index is 1500. The summed E-state index contributed by atoms with van der Waals surface area (Å²) in [6.07, 6.45) is -5.43. The summed E-state index contributed by atoms with van der Waals surface area (Å²) in [4.78, 5) is 12.9. The average molecular weight is 673 g/mol. The maximum Gasteiger partial charge on any atom is 0.185 e. The van der Waals surface area contributed by atoms with Crippen molar-refractivity contribution in [2.45, 2.75) is 61.0 Å². The molecule has 10 nitrogen and oxygen atoms in total. The number of hydrogen-bond acceptors (Lipinski definition) is 12. The zero-order chi connectivity index (χ0) is 32.1. The molecule has 1 aliphatic rings. The molecule has 0 aliphatic carbocycles. The highest BCUT2D eigenvalue weighted by atomic mass is 32.2. The molecule has 0 saturated carbocycles. The number of anilines is 2. The third-order valence-corrected chi connectivity index (χ3v) is 12.5. The topological polar surface area (TPSA) is 125 Å². The third-order valence-electron chi connectivity index (χ3n) is 7.85. The fourth-order valence-corrected chi connectivity index (χ4v) is 9.51. The lowest BCUT2D eigenvalue weighted by molar-refractivity contribution is -0.139. The Morgan fingerprint density at radius 2 is 1.07 bits per heavy atom. The SMILES string of the molecule is CN(C)c1nc(CO[C@@H]2[C@H](O)[C@@H](O)[C@@H](OCc3csc(N(C)C)n3)[C@@H](Cc3ccccc3)S(=O)(=O)[C@@H]2Cc2ccccc2)cs1. The number of aliphatic hydroxyl groups excluding tert-OH is 2. The van der Waals surface area contributed by atoms with Crippen LogP contribution in [0.15, 0.2) is 71.4 Å². The molecule has 6 atom stereocenters. The Morgan fingerprint density at radius 3 is 1.40 bits per heavy atom. The van der Waals surface area contributed by atoms with Gasteiger partial charge in [-0.3, -0.25) is 0 Å². The van der Waals surface area contributed by atoms with E-state index in [4.69, 9.17) is 9.47 Å². The van der Waals surface area contributed by atoms with E-state index in [1.807, 2.05) is 109 Å². The average Bonchev–Trinajstić information content (AvgIpc) is 3.70. The van der Waals surface area contributed by atoms with E-state index in [1.165, 1.54) is 22.7 Å². The molecule has 0 spiro atoms. The summed E-state index contributed by atoms with van der Waals surface area (Å²) in [5.41, 5.74) is 2.78. The van der Waals surface area contributed by atoms with Crippen LogP contribution < -0.4 is 9.80 Å². The number of hydrogen-bond donors (Lipinski definition) is 2. The molecule has 0 radical (unpaired) electrons. The minimum Gasteiger partial charge on any atom is -0.388 e. The summed E-state index contributed by atoms with van der Waals surface area (Å²) in [5, 5.41) is 26.4. The van der Waals surface area contributed by atoms with E-state index in [0.29, 0.717) is 11.4 Å². The highest BCUT2D eigenvalue weighted by Gasteiger charge is 2.54. The van der Waals surface area contributed by atoms with Crippen LogP contribution in [0.2, 0.25) is 0 Å². The Morgan fingerprint density at radius 1 is 0.689 bits per heavy atom. The first-order valence-electron chi connectivity index (χ1n) is 14.7. The van der Waals surface area contributed by atoms with Gasteiger partial charge in [-0.2, -0.15) is 0 Å². The lowest BCUT2D eigenvalue weighted by atomic mass is 9.94. The molecule has 2 aromatic heterocycles. The largest absolute Gasteiger partial charge is 0.388 e. The van der Waals surface area contributed by atoms with E-state index in [9.17, 15) is 18.6 Å². The molecule has 0 unspecified atom stereocenters. The van der Waals surface area contributed by atoms with Gasteiger partial charge in [-0.15, -0.1) is 22.7 Å². The maximum absolute atomic E-state index is 14.8. The van der Waals surface area contributed by atoms with Crippen LogP contribution in [-0.4, -0.2) is 91.7 Å². The molecule has 3 heterocycles. The van der Waals surface area contributed by atoms with Gasteiger partial charge < -0.3 is 29.5 Å². The number of aromatic nitrogens is 2. The molecule has 4 aromatic rings. The van der Waals surface area contributed by atoms with Crippen molar-refractivity contribution in [3.63, 3.8) is 0 Å². The third kappa shape index (κ3) is 7.91. The quantitative estimate of drug-likeness (QED) is 0.231. The fraction of sp³-hybridized carbons (Fsp3) is 0.438. The van der Waals surface area contributed by atoms with Gasteiger partial charge >= 0.3 is 0 Å². The minimum atomic E-state index is -4.11. The van der Waals surface area contributed by atoms with Crippen LogP contribution >= 0.6 is 22.7 Å². The van der Waals surface area contributed by atoms with Gasteiger partial charge in [0.2, 0.25) is 0 Å². The van der Waals surface area contributed by atoms with E-state index < -0.39 is 44.8 Å². The van der Waals surface area contributed by atoms with Crippen LogP contribution in [0.25, 0.3) is 0 Å². The molecule has 0 bridgehead atoms. The number of benzene rings is 2. The van der Waals surface area contributed by atoms with Gasteiger partial charge in [-0.05, 0) is 24.0 Å². The minimum absolute atomic E-state index is 0.0272. The predicted octanol–water partition coefficient (Wildman–Crippen LogP) is 3.58. The predicted molar refractivity (Wildman–Crippen MR) is 179 cm³/mol. The van der Waals surface area contributed by atoms with Crippen molar-refractivity contribution in [2.75, 3.05) is 38.0 Å². The van der Waals surface area contributed by atoms with Crippen molar-refractivity contribution >= 4 is 42.8 Å². The molecule has 0 amide bonds. The number of aliphatic hydroxyl groups is 2. The molecule has 242 valence electrons. The van der Waals surface area contributed by atoms with Crippen LogP contribution in [0.5, 0.6) is 0 Å². The van der Waals surface area contributed by atoms with Crippen LogP contribution in [0, 0.1) is 0 Å². The zero-order valence-corrected chi connectivity index (χ0v) is 28.2. The van der Waals surface area contributed by atoms with E-state index in [2.05, 4.69) is 9.97 Å². The second kappa shape index (κ2) is 14.7. The van der Waals surface area contributed by atoms with Crippen molar-refractivity contribution in [3.8, 4) is 0 Å². The van der Waals surface area contributed by atoms with Gasteiger partial charge in [0.25, 0.3) is 0 Å². The first-order valence-corrected chi connectivity index (χ1v) is 18.0. The molecule has 13 heteroatoms. The number of ether oxygens (including phenoxy) is 2. The van der Waals surface area contributed by atoms with Crippen LogP contribution in [-0.2, 0) is 45.4 Å². The van der Waals surface area contributed by atoms with Gasteiger partial charge in [-0.25, -0.2) is 18.4 Å². The molecule has 45 heavy (non-hydrogen) atoms. The Labute approximate surface area is 272 Å². The maximum atomic E-state index is 14.8. The lowest BCUT2D eigenvalue weighted by Crippen LogP contribution is -2.49. The summed E-state index contributed by atoms with van der Waals surface area (Å²) in [6, 6.07) is 18.5. The van der Waals surface area contributed by atoms with Gasteiger partial charge in [0.15, 0.2) is 20.1 Å². The molecular weight excluding hydrogens is 633 g/mol. The Balaban J connectivity index is 1.53. The first-order chi connectivity index (χ1) is 21.5. The van der Waals surface area contributed by atoms with Crippen molar-refractivity contribution in [3.05, 3.63) is 93.9 Å². The number of nitrogens with zero attached hydrogens (tertiary/aromatic N) is 4. The molecular formula is C32H40N4O6S3.